The highest BCUT2D eigenvalue weighted by Crippen LogP contribution is 2.20. The van der Waals surface area contributed by atoms with E-state index < -0.39 is 60.5 Å². The zero-order chi connectivity index (χ0) is 36.6. The molecule has 0 bridgehead atoms. The van der Waals surface area contributed by atoms with E-state index in [1.54, 1.807) is 31.2 Å². The molecule has 0 spiro atoms. The number of fused-ring (bicyclic) bond motifs is 1. The van der Waals surface area contributed by atoms with Crippen LogP contribution in [0.1, 0.15) is 44.2 Å². The van der Waals surface area contributed by atoms with Crippen LogP contribution in [0.2, 0.25) is 0 Å². The van der Waals surface area contributed by atoms with Crippen LogP contribution in [-0.4, -0.2) is 67.4 Å². The fourth-order valence-corrected chi connectivity index (χ4v) is 4.79. The number of carbonyl (C=O) groups is 5. The van der Waals surface area contributed by atoms with Gasteiger partial charge in [-0.1, -0.05) is 44.2 Å². The van der Waals surface area contributed by atoms with Gasteiger partial charge in [0.2, 0.25) is 23.6 Å². The van der Waals surface area contributed by atoms with Crippen LogP contribution < -0.4 is 43.7 Å². The second-order valence-electron chi connectivity index (χ2n) is 11.9. The number of alkyl carbamates (subject to hydrolysis) is 1. The van der Waals surface area contributed by atoms with E-state index >= 15 is 0 Å². The number of hydrogen-bond acceptors (Lipinski definition) is 9. The predicted octanol–water partition coefficient (Wildman–Crippen LogP) is 1.15. The van der Waals surface area contributed by atoms with Crippen molar-refractivity contribution in [3.8, 4) is 0 Å². The average molecular weight is 693 g/mol. The lowest BCUT2D eigenvalue weighted by Gasteiger charge is -2.24. The molecule has 9 N–H and O–H groups in total. The summed E-state index contributed by atoms with van der Waals surface area (Å²) >= 11 is 0. The molecule has 0 radical (unpaired) electrons. The maximum absolute atomic E-state index is 13.3. The number of nitrogens with zero attached hydrogens (tertiary/aromatic N) is 1. The Labute approximate surface area is 288 Å². The lowest BCUT2D eigenvalue weighted by atomic mass is 10.0. The molecular formula is C34H44N8O8. The smallest absolute Gasteiger partial charge is 0.408 e. The van der Waals surface area contributed by atoms with Gasteiger partial charge in [-0.2, -0.15) is 0 Å². The topological polar surface area (TPSA) is 249 Å². The minimum absolute atomic E-state index is 0.00124. The van der Waals surface area contributed by atoms with Crippen LogP contribution in [-0.2, 0) is 30.5 Å². The maximum atomic E-state index is 13.3. The number of guanidine groups is 1. The summed E-state index contributed by atoms with van der Waals surface area (Å²) in [5.41, 5.74) is 12.4. The summed E-state index contributed by atoms with van der Waals surface area (Å²) in [6.45, 7) is 4.79. The summed E-state index contributed by atoms with van der Waals surface area (Å²) in [5.74, 6) is -2.66. The molecule has 268 valence electrons. The van der Waals surface area contributed by atoms with Crippen molar-refractivity contribution in [2.75, 3.05) is 25.0 Å². The van der Waals surface area contributed by atoms with Crippen molar-refractivity contribution in [2.45, 2.75) is 58.7 Å². The molecule has 2 atom stereocenters. The van der Waals surface area contributed by atoms with Gasteiger partial charge in [0.05, 0.1) is 13.1 Å². The third-order valence-corrected chi connectivity index (χ3v) is 7.21. The highest BCUT2D eigenvalue weighted by atomic mass is 16.5. The van der Waals surface area contributed by atoms with Crippen LogP contribution in [0, 0.1) is 12.8 Å². The Morgan fingerprint density at radius 2 is 1.60 bits per heavy atom. The standard InChI is InChI=1S/C34H44N8O8/c1-20(2)14-26(42-34(48)49-19-22-8-5-4-6-9-22)32(47)41-25(10-7-13-37-33(35)36)31(46)39-17-28(43)38-18-29(44)40-23-11-12-24-21(3)15-30(45)50-27(24)16-23/h4-6,8-9,11-12,15-16,20,25-26H,7,10,13-14,17-19H2,1-3H3,(H,38,43)(H,39,46)(H,40,44)(H,41,47)(H,42,48)(H4,35,36,37). The second-order valence-corrected chi connectivity index (χ2v) is 11.9. The van der Waals surface area contributed by atoms with E-state index in [0.29, 0.717) is 23.1 Å². The van der Waals surface area contributed by atoms with E-state index in [2.05, 4.69) is 31.6 Å². The van der Waals surface area contributed by atoms with E-state index in [-0.39, 0.29) is 37.9 Å². The molecule has 0 saturated carbocycles. The molecule has 16 nitrogen and oxygen atoms in total. The zero-order valence-corrected chi connectivity index (χ0v) is 28.2. The minimum atomic E-state index is -1.11. The van der Waals surface area contributed by atoms with Gasteiger partial charge in [-0.3, -0.25) is 24.2 Å². The number of aliphatic imine (C=N–C) groups is 1. The Balaban J connectivity index is 1.55. The first kappa shape index (κ1) is 38.5. The van der Waals surface area contributed by atoms with Crippen molar-refractivity contribution in [3.05, 3.63) is 76.1 Å². The number of rotatable bonds is 17. The Morgan fingerprint density at radius 1 is 0.880 bits per heavy atom. The number of benzene rings is 2. The Kier molecular flexibility index (Phi) is 14.8. The normalized spacial score (nSPS) is 11.9. The highest BCUT2D eigenvalue weighted by molar-refractivity contribution is 5.97. The van der Waals surface area contributed by atoms with Gasteiger partial charge in [-0.05, 0) is 55.4 Å². The monoisotopic (exact) mass is 692 g/mol. The molecule has 0 fully saturated rings. The molecule has 2 aromatic carbocycles. The van der Waals surface area contributed by atoms with Crippen LogP contribution in [0.3, 0.4) is 0 Å². The van der Waals surface area contributed by atoms with Crippen molar-refractivity contribution in [2.24, 2.45) is 22.4 Å². The summed E-state index contributed by atoms with van der Waals surface area (Å²) in [4.78, 5) is 79.6. The Bertz CT molecular complexity index is 1740. The molecular weight excluding hydrogens is 648 g/mol. The number of nitrogens with two attached hydrogens (primary N) is 2. The largest absolute Gasteiger partial charge is 0.445 e. The molecule has 3 rings (SSSR count). The van der Waals surface area contributed by atoms with Crippen molar-refractivity contribution in [1.29, 1.82) is 0 Å². The van der Waals surface area contributed by atoms with Crippen LogP contribution in [0.25, 0.3) is 11.0 Å². The first-order chi connectivity index (χ1) is 23.8. The molecule has 0 aliphatic carbocycles. The van der Waals surface area contributed by atoms with Crippen molar-refractivity contribution < 1.29 is 33.1 Å². The molecule has 50 heavy (non-hydrogen) atoms. The number of nitrogens with one attached hydrogen (secondary N) is 5. The number of hydrogen-bond donors (Lipinski definition) is 7. The summed E-state index contributed by atoms with van der Waals surface area (Å²) in [6.07, 6.45) is -0.128. The van der Waals surface area contributed by atoms with Gasteiger partial charge < -0.3 is 47.2 Å². The number of aryl methyl sites for hydroxylation is 1. The molecule has 0 aliphatic rings. The second kappa shape index (κ2) is 19.2. The quantitative estimate of drug-likeness (QED) is 0.0460. The van der Waals surface area contributed by atoms with Gasteiger partial charge in [-0.25, -0.2) is 9.59 Å². The minimum Gasteiger partial charge on any atom is -0.445 e. The van der Waals surface area contributed by atoms with Crippen LogP contribution >= 0.6 is 0 Å². The summed E-state index contributed by atoms with van der Waals surface area (Å²) in [6, 6.07) is 13.1. The van der Waals surface area contributed by atoms with Gasteiger partial charge >= 0.3 is 11.7 Å². The molecule has 2 unspecified atom stereocenters. The zero-order valence-electron chi connectivity index (χ0n) is 28.2. The molecule has 5 amide bonds. The molecule has 3 aromatic rings. The fourth-order valence-electron chi connectivity index (χ4n) is 4.79. The molecule has 1 aromatic heterocycles. The number of amides is 5. The van der Waals surface area contributed by atoms with Crippen LogP contribution in [0.4, 0.5) is 10.5 Å². The first-order valence-electron chi connectivity index (χ1n) is 16.0. The Hall–Kier alpha value is -5.93. The number of anilines is 1. The first-order valence-corrected chi connectivity index (χ1v) is 16.0. The highest BCUT2D eigenvalue weighted by Gasteiger charge is 2.28. The third-order valence-electron chi connectivity index (χ3n) is 7.21. The van der Waals surface area contributed by atoms with Crippen LogP contribution in [0.15, 0.2) is 68.8 Å². The molecule has 0 aliphatic heterocycles. The van der Waals surface area contributed by atoms with Crippen molar-refractivity contribution in [1.82, 2.24) is 21.3 Å². The molecule has 0 saturated heterocycles. The van der Waals surface area contributed by atoms with Gasteiger partial charge in [-0.15, -0.1) is 0 Å². The van der Waals surface area contributed by atoms with Crippen LogP contribution in [0.5, 0.6) is 0 Å². The number of carbonyl (C=O) groups excluding carboxylic acids is 5. The van der Waals surface area contributed by atoms with Gasteiger partial charge in [0.1, 0.15) is 24.3 Å². The van der Waals surface area contributed by atoms with E-state index in [9.17, 15) is 28.8 Å². The average Bonchev–Trinajstić information content (AvgIpc) is 3.06. The lowest BCUT2D eigenvalue weighted by molar-refractivity contribution is -0.131. The van der Waals surface area contributed by atoms with Gasteiger partial charge in [0, 0.05) is 29.8 Å². The number of ether oxygens (including phenoxy) is 1. The van der Waals surface area contributed by atoms with E-state index in [1.807, 2.05) is 32.0 Å². The van der Waals surface area contributed by atoms with E-state index in [1.165, 1.54) is 12.1 Å². The lowest BCUT2D eigenvalue weighted by Crippen LogP contribution is -2.55. The van der Waals surface area contributed by atoms with Crippen molar-refractivity contribution in [3.63, 3.8) is 0 Å². The van der Waals surface area contributed by atoms with Crippen molar-refractivity contribution >= 4 is 52.3 Å². The predicted molar refractivity (Wildman–Crippen MR) is 187 cm³/mol. The summed E-state index contributed by atoms with van der Waals surface area (Å²) < 4.78 is 10.5. The maximum Gasteiger partial charge on any atom is 0.408 e. The Morgan fingerprint density at radius 3 is 2.30 bits per heavy atom. The molecule has 16 heteroatoms. The van der Waals surface area contributed by atoms with Gasteiger partial charge in [0.15, 0.2) is 5.96 Å². The molecule has 1 heterocycles. The van der Waals surface area contributed by atoms with E-state index in [0.717, 1.165) is 11.1 Å². The SMILES string of the molecule is Cc1cc(=O)oc2cc(NC(=O)CNC(=O)CNC(=O)C(CCCN=C(N)N)NC(=O)C(CC(C)C)NC(=O)OCc3ccccc3)ccc12. The summed E-state index contributed by atoms with van der Waals surface area (Å²) in [7, 11) is 0. The third kappa shape index (κ3) is 13.3. The van der Waals surface area contributed by atoms with Gasteiger partial charge in [0.25, 0.3) is 0 Å². The fraction of sp³-hybridized carbons (Fsp3) is 0.382. The van der Waals surface area contributed by atoms with E-state index in [4.69, 9.17) is 20.6 Å². The summed E-state index contributed by atoms with van der Waals surface area (Å²) in [5, 5.41) is 13.4.